The predicted molar refractivity (Wildman–Crippen MR) is 86.3 cm³/mol. The lowest BCUT2D eigenvalue weighted by Gasteiger charge is -2.56. The zero-order valence-electron chi connectivity index (χ0n) is 14.2. The Labute approximate surface area is 133 Å². The van der Waals surface area contributed by atoms with Crippen LogP contribution in [-0.2, 0) is 9.59 Å². The van der Waals surface area contributed by atoms with Crippen molar-refractivity contribution in [2.45, 2.75) is 65.7 Å². The largest absolute Gasteiger partial charge is 0.299 e. The van der Waals surface area contributed by atoms with Gasteiger partial charge in [0.25, 0.3) is 0 Å². The first-order valence-electron chi connectivity index (χ1n) is 9.12. The van der Waals surface area contributed by atoms with Gasteiger partial charge in [0.15, 0.2) is 0 Å². The highest BCUT2D eigenvalue weighted by Crippen LogP contribution is 2.64. The van der Waals surface area contributed by atoms with Crippen molar-refractivity contribution in [1.29, 1.82) is 0 Å². The molecule has 4 aliphatic rings. The lowest BCUT2D eigenvalue weighted by atomic mass is 9.47. The van der Waals surface area contributed by atoms with E-state index in [1.54, 1.807) is 0 Å². The molecular formula is C20H28O2. The number of rotatable bonds is 0. The van der Waals surface area contributed by atoms with E-state index in [1.807, 2.05) is 0 Å². The zero-order chi connectivity index (χ0) is 15.7. The molecule has 0 aromatic carbocycles. The highest BCUT2D eigenvalue weighted by Gasteiger charge is 2.59. The van der Waals surface area contributed by atoms with E-state index in [9.17, 15) is 9.59 Å². The molecule has 22 heavy (non-hydrogen) atoms. The fourth-order valence-corrected chi connectivity index (χ4v) is 6.60. The highest BCUT2D eigenvalue weighted by molar-refractivity contribution is 5.87. The summed E-state index contributed by atoms with van der Waals surface area (Å²) in [7, 11) is 0. The molecule has 120 valence electrons. The zero-order valence-corrected chi connectivity index (χ0v) is 14.2. The molecule has 0 aliphatic heterocycles. The molecule has 2 nitrogen and oxygen atoms in total. The maximum absolute atomic E-state index is 12.4. The van der Waals surface area contributed by atoms with Crippen LogP contribution in [0.1, 0.15) is 65.7 Å². The molecule has 0 aromatic heterocycles. The summed E-state index contributed by atoms with van der Waals surface area (Å²) in [5, 5.41) is 0. The molecule has 4 rings (SSSR count). The van der Waals surface area contributed by atoms with Crippen molar-refractivity contribution in [3.05, 3.63) is 11.6 Å². The van der Waals surface area contributed by atoms with Crippen LogP contribution in [0.3, 0.4) is 0 Å². The van der Waals surface area contributed by atoms with Crippen LogP contribution in [0.15, 0.2) is 11.6 Å². The molecule has 0 amide bonds. The minimum absolute atomic E-state index is 0.0427. The average molecular weight is 300 g/mol. The quantitative estimate of drug-likeness (QED) is 0.624. The molecule has 0 aromatic rings. The second-order valence-electron chi connectivity index (χ2n) is 8.93. The number of hydrogen-bond acceptors (Lipinski definition) is 2. The van der Waals surface area contributed by atoms with Crippen molar-refractivity contribution in [3.63, 3.8) is 0 Å². The van der Waals surface area contributed by atoms with Crippen molar-refractivity contribution in [3.8, 4) is 0 Å². The lowest BCUT2D eigenvalue weighted by Crippen LogP contribution is -2.51. The van der Waals surface area contributed by atoms with Crippen LogP contribution in [-0.4, -0.2) is 11.6 Å². The normalized spacial score (nSPS) is 51.0. The fourth-order valence-electron chi connectivity index (χ4n) is 6.60. The monoisotopic (exact) mass is 300 g/mol. The Morgan fingerprint density at radius 1 is 1.09 bits per heavy atom. The van der Waals surface area contributed by atoms with Gasteiger partial charge in [0.1, 0.15) is 11.6 Å². The van der Waals surface area contributed by atoms with Crippen LogP contribution in [0.2, 0.25) is 0 Å². The van der Waals surface area contributed by atoms with Crippen molar-refractivity contribution in [1.82, 2.24) is 0 Å². The van der Waals surface area contributed by atoms with Gasteiger partial charge in [0, 0.05) is 24.2 Å². The number of allylic oxidation sites excluding steroid dienone is 2. The first kappa shape index (κ1) is 14.7. The molecule has 3 saturated carbocycles. The first-order valence-corrected chi connectivity index (χ1v) is 9.12. The summed E-state index contributed by atoms with van der Waals surface area (Å²) in [6.45, 7) is 6.76. The third kappa shape index (κ3) is 1.73. The Bertz CT molecular complexity index is 574. The van der Waals surface area contributed by atoms with Crippen LogP contribution in [0.25, 0.3) is 0 Å². The van der Waals surface area contributed by atoms with Gasteiger partial charge in [0.2, 0.25) is 0 Å². The summed E-state index contributed by atoms with van der Waals surface area (Å²) in [5.74, 6) is 3.09. The summed E-state index contributed by atoms with van der Waals surface area (Å²) in [5.41, 5.74) is 1.59. The van der Waals surface area contributed by atoms with Crippen molar-refractivity contribution in [2.75, 3.05) is 0 Å². The van der Waals surface area contributed by atoms with Gasteiger partial charge in [-0.15, -0.1) is 0 Å². The standard InChI is InChI=1S/C20H28O2/c1-12-11-20(3)13(10-17(12)21)4-5-14-15-6-7-18(22)19(15,2)9-8-16(14)20/h4,12,14-16H,5-11H2,1-3H3/t12-,14+,15+,16+,19+,20+/m1/s1. The molecule has 0 unspecified atom stereocenters. The Balaban J connectivity index is 1.71. The molecule has 0 spiro atoms. The van der Waals surface area contributed by atoms with E-state index < -0.39 is 0 Å². The second kappa shape index (κ2) is 4.55. The number of Topliss-reactive ketones (excluding diaryl/α,β-unsaturated/α-hetero) is 2. The first-order chi connectivity index (χ1) is 10.4. The summed E-state index contributed by atoms with van der Waals surface area (Å²) in [6, 6.07) is 0. The third-order valence-electron chi connectivity index (χ3n) is 7.98. The number of carbonyl (C=O) groups is 2. The topological polar surface area (TPSA) is 34.1 Å². The van der Waals surface area contributed by atoms with Crippen LogP contribution in [0.4, 0.5) is 0 Å². The number of ketones is 2. The van der Waals surface area contributed by atoms with E-state index in [0.717, 1.165) is 32.1 Å². The van der Waals surface area contributed by atoms with E-state index in [-0.39, 0.29) is 16.7 Å². The molecule has 6 atom stereocenters. The predicted octanol–water partition coefficient (Wildman–Crippen LogP) is 4.33. The molecule has 0 bridgehead atoms. The van der Waals surface area contributed by atoms with Crippen molar-refractivity contribution >= 4 is 11.6 Å². The van der Waals surface area contributed by atoms with Crippen molar-refractivity contribution in [2.24, 2.45) is 34.5 Å². The van der Waals surface area contributed by atoms with Crippen LogP contribution < -0.4 is 0 Å². The fraction of sp³-hybridized carbons (Fsp3) is 0.800. The molecule has 4 aliphatic carbocycles. The molecule has 3 fully saturated rings. The Kier molecular flexibility index (Phi) is 3.03. The van der Waals surface area contributed by atoms with Gasteiger partial charge in [-0.25, -0.2) is 0 Å². The number of fused-ring (bicyclic) bond motifs is 5. The Morgan fingerprint density at radius 2 is 1.82 bits per heavy atom. The van der Waals surface area contributed by atoms with Gasteiger partial charge >= 0.3 is 0 Å². The summed E-state index contributed by atoms with van der Waals surface area (Å²) in [6.07, 6.45) is 9.35. The van der Waals surface area contributed by atoms with Gasteiger partial charge in [-0.3, -0.25) is 9.59 Å². The minimum atomic E-state index is -0.0427. The summed E-state index contributed by atoms with van der Waals surface area (Å²) >= 11 is 0. The van der Waals surface area contributed by atoms with Gasteiger partial charge in [-0.1, -0.05) is 32.4 Å². The van der Waals surface area contributed by atoms with E-state index in [2.05, 4.69) is 26.8 Å². The van der Waals surface area contributed by atoms with Gasteiger partial charge in [-0.05, 0) is 55.3 Å². The van der Waals surface area contributed by atoms with Crippen molar-refractivity contribution < 1.29 is 9.59 Å². The van der Waals surface area contributed by atoms with Crippen LogP contribution >= 0.6 is 0 Å². The van der Waals surface area contributed by atoms with E-state index in [4.69, 9.17) is 0 Å². The Hall–Kier alpha value is -0.920. The van der Waals surface area contributed by atoms with E-state index in [0.29, 0.717) is 35.7 Å². The smallest absolute Gasteiger partial charge is 0.139 e. The van der Waals surface area contributed by atoms with E-state index in [1.165, 1.54) is 12.0 Å². The molecule has 0 saturated heterocycles. The summed E-state index contributed by atoms with van der Waals surface area (Å²) in [4.78, 5) is 24.5. The van der Waals surface area contributed by atoms with Gasteiger partial charge in [0.05, 0.1) is 0 Å². The summed E-state index contributed by atoms with van der Waals surface area (Å²) < 4.78 is 0. The van der Waals surface area contributed by atoms with Gasteiger partial charge < -0.3 is 0 Å². The highest BCUT2D eigenvalue weighted by atomic mass is 16.1. The maximum Gasteiger partial charge on any atom is 0.139 e. The van der Waals surface area contributed by atoms with E-state index >= 15 is 0 Å². The maximum atomic E-state index is 12.4. The lowest BCUT2D eigenvalue weighted by molar-refractivity contribution is -0.133. The third-order valence-corrected chi connectivity index (χ3v) is 7.98. The molecule has 0 heterocycles. The number of hydrogen-bond donors (Lipinski definition) is 0. The average Bonchev–Trinajstić information content (AvgIpc) is 2.77. The minimum Gasteiger partial charge on any atom is -0.299 e. The molecule has 2 heteroatoms. The second-order valence-corrected chi connectivity index (χ2v) is 8.93. The molecule has 0 N–H and O–H groups in total. The Morgan fingerprint density at radius 3 is 2.59 bits per heavy atom. The van der Waals surface area contributed by atoms with Crippen LogP contribution in [0, 0.1) is 34.5 Å². The van der Waals surface area contributed by atoms with Crippen LogP contribution in [0.5, 0.6) is 0 Å². The van der Waals surface area contributed by atoms with Gasteiger partial charge in [-0.2, -0.15) is 0 Å². The SMILES string of the molecule is C[C@@H]1C[C@@]2(C)C(=CC[C@@H]3[C@@H]2CC[C@]2(C)C(=O)CC[C@@H]32)CC1=O. The number of carbonyl (C=O) groups excluding carboxylic acids is 2. The molecular weight excluding hydrogens is 272 g/mol. The molecule has 0 radical (unpaired) electrons.